The zero-order valence-corrected chi connectivity index (χ0v) is 9.93. The van der Waals surface area contributed by atoms with E-state index in [0.717, 1.165) is 17.7 Å². The van der Waals surface area contributed by atoms with Gasteiger partial charge in [0, 0.05) is 23.6 Å². The summed E-state index contributed by atoms with van der Waals surface area (Å²) in [7, 11) is 0. The van der Waals surface area contributed by atoms with Crippen LogP contribution < -0.4 is 5.32 Å². The molecular formula is C11H13NO3S. The molecule has 0 saturated heterocycles. The molecule has 1 heterocycles. The standard InChI is InChI=1S/C11H13NO3S/c1-7-8(2)16-6-9(7)5-12-10(13)3-4-11(14)15/h3-4,6H,5H2,1-2H3,(H,12,13)(H,14,15)/b4-3+. The summed E-state index contributed by atoms with van der Waals surface area (Å²) in [6.07, 6.45) is 1.83. The number of rotatable bonds is 4. The van der Waals surface area contributed by atoms with Gasteiger partial charge in [0.25, 0.3) is 0 Å². The second-order valence-corrected chi connectivity index (χ2v) is 4.42. The second-order valence-electron chi connectivity index (χ2n) is 3.33. The van der Waals surface area contributed by atoms with Gasteiger partial charge in [-0.2, -0.15) is 0 Å². The van der Waals surface area contributed by atoms with Crippen LogP contribution in [0.5, 0.6) is 0 Å². The lowest BCUT2D eigenvalue weighted by molar-refractivity contribution is -0.131. The molecule has 16 heavy (non-hydrogen) atoms. The Morgan fingerprint density at radius 1 is 1.44 bits per heavy atom. The normalized spacial score (nSPS) is 10.6. The Morgan fingerprint density at radius 3 is 2.62 bits per heavy atom. The minimum atomic E-state index is -1.13. The van der Waals surface area contributed by atoms with Crippen molar-refractivity contribution < 1.29 is 14.7 Å². The van der Waals surface area contributed by atoms with Crippen LogP contribution in [0.2, 0.25) is 0 Å². The van der Waals surface area contributed by atoms with Gasteiger partial charge in [0.2, 0.25) is 5.91 Å². The minimum absolute atomic E-state index is 0.398. The summed E-state index contributed by atoms with van der Waals surface area (Å²) in [5.41, 5.74) is 2.24. The summed E-state index contributed by atoms with van der Waals surface area (Å²) in [5, 5.41) is 12.9. The predicted molar refractivity (Wildman–Crippen MR) is 62.4 cm³/mol. The number of amides is 1. The molecule has 1 aromatic rings. The van der Waals surface area contributed by atoms with Crippen molar-refractivity contribution >= 4 is 23.2 Å². The first-order valence-corrected chi connectivity index (χ1v) is 5.61. The summed E-state index contributed by atoms with van der Waals surface area (Å²) >= 11 is 1.64. The summed E-state index contributed by atoms with van der Waals surface area (Å²) in [6, 6.07) is 0. The Bertz CT molecular complexity index is 434. The third-order valence-corrected chi connectivity index (χ3v) is 3.28. The number of hydrogen-bond donors (Lipinski definition) is 2. The van der Waals surface area contributed by atoms with Crippen molar-refractivity contribution in [2.75, 3.05) is 0 Å². The van der Waals surface area contributed by atoms with Gasteiger partial charge < -0.3 is 10.4 Å². The molecule has 0 atom stereocenters. The first-order chi connectivity index (χ1) is 7.50. The number of hydrogen-bond acceptors (Lipinski definition) is 3. The van der Waals surface area contributed by atoms with Crippen LogP contribution >= 0.6 is 11.3 Å². The summed E-state index contributed by atoms with van der Waals surface area (Å²) < 4.78 is 0. The van der Waals surface area contributed by atoms with Crippen LogP contribution in [-0.4, -0.2) is 17.0 Å². The average molecular weight is 239 g/mol. The molecule has 0 fully saturated rings. The molecule has 1 rings (SSSR count). The fourth-order valence-corrected chi connectivity index (χ4v) is 2.01. The fourth-order valence-electron chi connectivity index (χ4n) is 1.12. The quantitative estimate of drug-likeness (QED) is 0.785. The highest BCUT2D eigenvalue weighted by Gasteiger charge is 2.04. The molecule has 0 bridgehead atoms. The maximum atomic E-state index is 11.2. The van der Waals surface area contributed by atoms with Gasteiger partial charge >= 0.3 is 5.97 Å². The molecule has 0 radical (unpaired) electrons. The van der Waals surface area contributed by atoms with Crippen molar-refractivity contribution in [1.82, 2.24) is 5.32 Å². The Morgan fingerprint density at radius 2 is 2.12 bits per heavy atom. The molecule has 0 aromatic carbocycles. The summed E-state index contributed by atoms with van der Waals surface area (Å²) in [5.74, 6) is -1.52. The zero-order chi connectivity index (χ0) is 12.1. The third kappa shape index (κ3) is 3.51. The number of thiophene rings is 1. The van der Waals surface area contributed by atoms with Gasteiger partial charge in [-0.1, -0.05) is 0 Å². The molecule has 0 saturated carbocycles. The second kappa shape index (κ2) is 5.46. The van der Waals surface area contributed by atoms with Crippen LogP contribution in [0, 0.1) is 13.8 Å². The van der Waals surface area contributed by atoms with E-state index in [0.29, 0.717) is 6.54 Å². The van der Waals surface area contributed by atoms with Gasteiger partial charge in [0.1, 0.15) is 0 Å². The van der Waals surface area contributed by atoms with E-state index in [4.69, 9.17) is 5.11 Å². The lowest BCUT2D eigenvalue weighted by Gasteiger charge is -2.01. The number of nitrogens with one attached hydrogen (secondary N) is 1. The van der Waals surface area contributed by atoms with Gasteiger partial charge in [0.05, 0.1) is 0 Å². The molecule has 0 spiro atoms. The molecular weight excluding hydrogens is 226 g/mol. The number of aryl methyl sites for hydroxylation is 1. The molecule has 1 aromatic heterocycles. The van der Waals surface area contributed by atoms with Crippen LogP contribution in [0.25, 0.3) is 0 Å². The summed E-state index contributed by atoms with van der Waals surface area (Å²) in [4.78, 5) is 22.6. The summed E-state index contributed by atoms with van der Waals surface area (Å²) in [6.45, 7) is 4.45. The predicted octanol–water partition coefficient (Wildman–Crippen LogP) is 1.62. The molecule has 0 aliphatic heterocycles. The van der Waals surface area contributed by atoms with Crippen molar-refractivity contribution in [2.45, 2.75) is 20.4 Å². The van der Waals surface area contributed by atoms with Gasteiger partial charge in [-0.15, -0.1) is 11.3 Å². The van der Waals surface area contributed by atoms with Gasteiger partial charge in [-0.3, -0.25) is 4.79 Å². The van der Waals surface area contributed by atoms with Gasteiger partial charge in [0.15, 0.2) is 0 Å². The number of carboxylic acid groups (broad SMARTS) is 1. The molecule has 0 aliphatic rings. The van der Waals surface area contributed by atoms with Crippen LogP contribution in [0.15, 0.2) is 17.5 Å². The minimum Gasteiger partial charge on any atom is -0.478 e. The zero-order valence-electron chi connectivity index (χ0n) is 9.11. The van der Waals surface area contributed by atoms with E-state index in [-0.39, 0.29) is 0 Å². The molecule has 1 amide bonds. The van der Waals surface area contributed by atoms with E-state index in [9.17, 15) is 9.59 Å². The number of carbonyl (C=O) groups is 2. The topological polar surface area (TPSA) is 66.4 Å². The lowest BCUT2D eigenvalue weighted by Crippen LogP contribution is -2.20. The molecule has 0 unspecified atom stereocenters. The molecule has 2 N–H and O–H groups in total. The fraction of sp³-hybridized carbons (Fsp3) is 0.273. The first kappa shape index (κ1) is 12.4. The van der Waals surface area contributed by atoms with E-state index in [1.807, 2.05) is 19.2 Å². The van der Waals surface area contributed by atoms with E-state index in [1.165, 1.54) is 10.4 Å². The van der Waals surface area contributed by atoms with E-state index >= 15 is 0 Å². The third-order valence-electron chi connectivity index (χ3n) is 2.22. The SMILES string of the molecule is Cc1scc(CNC(=O)/C=C/C(=O)O)c1C. The first-order valence-electron chi connectivity index (χ1n) is 4.73. The van der Waals surface area contributed by atoms with Crippen molar-refractivity contribution in [1.29, 1.82) is 0 Å². The number of carboxylic acids is 1. The van der Waals surface area contributed by atoms with Gasteiger partial charge in [-0.25, -0.2) is 4.79 Å². The van der Waals surface area contributed by atoms with Crippen LogP contribution in [0.3, 0.4) is 0 Å². The Labute approximate surface area is 97.6 Å². The van der Waals surface area contributed by atoms with E-state index < -0.39 is 11.9 Å². The Kier molecular flexibility index (Phi) is 4.25. The van der Waals surface area contributed by atoms with E-state index in [1.54, 1.807) is 11.3 Å². The van der Waals surface area contributed by atoms with E-state index in [2.05, 4.69) is 5.32 Å². The largest absolute Gasteiger partial charge is 0.478 e. The average Bonchev–Trinajstić information content (AvgIpc) is 2.54. The van der Waals surface area contributed by atoms with Crippen LogP contribution in [0.4, 0.5) is 0 Å². The lowest BCUT2D eigenvalue weighted by atomic mass is 10.2. The molecule has 86 valence electrons. The number of aliphatic carboxylic acids is 1. The highest BCUT2D eigenvalue weighted by molar-refractivity contribution is 7.10. The van der Waals surface area contributed by atoms with Gasteiger partial charge in [-0.05, 0) is 30.4 Å². The molecule has 0 aliphatic carbocycles. The Balaban J connectivity index is 2.49. The van der Waals surface area contributed by atoms with Crippen molar-refractivity contribution in [3.63, 3.8) is 0 Å². The maximum Gasteiger partial charge on any atom is 0.328 e. The highest BCUT2D eigenvalue weighted by Crippen LogP contribution is 2.19. The molecule has 4 nitrogen and oxygen atoms in total. The molecule has 5 heteroatoms. The van der Waals surface area contributed by atoms with Crippen LogP contribution in [-0.2, 0) is 16.1 Å². The van der Waals surface area contributed by atoms with Crippen molar-refractivity contribution in [3.8, 4) is 0 Å². The highest BCUT2D eigenvalue weighted by atomic mass is 32.1. The van der Waals surface area contributed by atoms with Crippen molar-refractivity contribution in [2.24, 2.45) is 0 Å². The van der Waals surface area contributed by atoms with Crippen LogP contribution in [0.1, 0.15) is 16.0 Å². The van der Waals surface area contributed by atoms with Crippen molar-refractivity contribution in [3.05, 3.63) is 33.5 Å². The monoisotopic (exact) mass is 239 g/mol. The number of carbonyl (C=O) groups excluding carboxylic acids is 1. The maximum absolute atomic E-state index is 11.2. The Hall–Kier alpha value is -1.62. The smallest absolute Gasteiger partial charge is 0.328 e.